The highest BCUT2D eigenvalue weighted by Crippen LogP contribution is 2.11. The summed E-state index contributed by atoms with van der Waals surface area (Å²) in [5.74, 6) is 0. The minimum absolute atomic E-state index is 0.139. The molecule has 0 heterocycles. The Balaban J connectivity index is 2.41. The molecule has 1 aromatic carbocycles. The van der Waals surface area contributed by atoms with Crippen molar-refractivity contribution in [1.82, 2.24) is 10.2 Å². The quantitative estimate of drug-likeness (QED) is 0.579. The van der Waals surface area contributed by atoms with Gasteiger partial charge in [-0.25, -0.2) is 0 Å². The van der Waals surface area contributed by atoms with Gasteiger partial charge in [-0.3, -0.25) is 10.1 Å². The van der Waals surface area contributed by atoms with E-state index in [1.807, 2.05) is 0 Å². The molecule has 106 valence electrons. The summed E-state index contributed by atoms with van der Waals surface area (Å²) >= 11 is 0. The van der Waals surface area contributed by atoms with Crippen molar-refractivity contribution in [3.05, 3.63) is 39.9 Å². The number of non-ortho nitro benzene ring substituents is 1. The maximum Gasteiger partial charge on any atom is 0.269 e. The van der Waals surface area contributed by atoms with Crippen molar-refractivity contribution in [3.63, 3.8) is 0 Å². The van der Waals surface area contributed by atoms with Crippen LogP contribution in [0.3, 0.4) is 0 Å². The molecular weight excluding hydrogens is 242 g/mol. The Labute approximate surface area is 114 Å². The lowest BCUT2D eigenvalue weighted by molar-refractivity contribution is -0.384. The van der Waals surface area contributed by atoms with Crippen LogP contribution in [0, 0.1) is 10.1 Å². The van der Waals surface area contributed by atoms with Gasteiger partial charge in [0.15, 0.2) is 0 Å². The zero-order valence-electron chi connectivity index (χ0n) is 11.9. The summed E-state index contributed by atoms with van der Waals surface area (Å²) in [7, 11) is 0. The largest absolute Gasteiger partial charge is 0.309 e. The molecular formula is C14H23N3O2. The monoisotopic (exact) mass is 265 g/mol. The van der Waals surface area contributed by atoms with Gasteiger partial charge < -0.3 is 10.2 Å². The Hall–Kier alpha value is -1.46. The third-order valence-electron chi connectivity index (χ3n) is 3.23. The molecule has 1 aromatic rings. The van der Waals surface area contributed by atoms with Crippen LogP contribution in [0.2, 0.25) is 0 Å². The van der Waals surface area contributed by atoms with E-state index in [1.165, 1.54) is 0 Å². The van der Waals surface area contributed by atoms with Crippen LogP contribution >= 0.6 is 0 Å². The van der Waals surface area contributed by atoms with Gasteiger partial charge in [-0.1, -0.05) is 26.0 Å². The highest BCUT2D eigenvalue weighted by atomic mass is 16.6. The second kappa shape index (κ2) is 7.86. The normalized spacial score (nSPS) is 12.6. The fourth-order valence-corrected chi connectivity index (χ4v) is 1.96. The van der Waals surface area contributed by atoms with Crippen LogP contribution in [-0.2, 0) is 6.54 Å². The zero-order valence-corrected chi connectivity index (χ0v) is 11.9. The highest BCUT2D eigenvalue weighted by Gasteiger charge is 2.07. The number of nitrogens with zero attached hydrogens (tertiary/aromatic N) is 2. The molecule has 1 N–H and O–H groups in total. The van der Waals surface area contributed by atoms with Crippen molar-refractivity contribution < 1.29 is 4.92 Å². The molecule has 19 heavy (non-hydrogen) atoms. The van der Waals surface area contributed by atoms with Gasteiger partial charge in [0.2, 0.25) is 0 Å². The molecule has 0 aromatic heterocycles. The predicted molar refractivity (Wildman–Crippen MR) is 77.2 cm³/mol. The fourth-order valence-electron chi connectivity index (χ4n) is 1.96. The number of likely N-dealkylation sites (N-methyl/N-ethyl adjacent to an activating group) is 1. The lowest BCUT2D eigenvalue weighted by Crippen LogP contribution is -2.38. The molecule has 1 atom stereocenters. The Kier molecular flexibility index (Phi) is 6.45. The van der Waals surface area contributed by atoms with E-state index in [9.17, 15) is 10.1 Å². The number of benzene rings is 1. The molecule has 0 saturated carbocycles. The second-order valence-corrected chi connectivity index (χ2v) is 4.69. The first kappa shape index (κ1) is 15.6. The van der Waals surface area contributed by atoms with Crippen LogP contribution in [-0.4, -0.2) is 35.5 Å². The standard InChI is InChI=1S/C14H23N3O2/c1-4-16(5-2)11-12(3)15-10-13-6-8-14(9-7-13)17(18)19/h6-9,12,15H,4-5,10-11H2,1-3H3. The smallest absolute Gasteiger partial charge is 0.269 e. The summed E-state index contributed by atoms with van der Waals surface area (Å²) < 4.78 is 0. The van der Waals surface area contributed by atoms with Crippen LogP contribution in [0.4, 0.5) is 5.69 Å². The number of nitrogens with one attached hydrogen (secondary N) is 1. The van der Waals surface area contributed by atoms with Gasteiger partial charge in [-0.15, -0.1) is 0 Å². The lowest BCUT2D eigenvalue weighted by atomic mass is 10.2. The molecule has 0 aliphatic rings. The molecule has 5 nitrogen and oxygen atoms in total. The van der Waals surface area contributed by atoms with Crippen molar-refractivity contribution in [3.8, 4) is 0 Å². The van der Waals surface area contributed by atoms with E-state index >= 15 is 0 Å². The first-order valence-corrected chi connectivity index (χ1v) is 6.75. The van der Waals surface area contributed by atoms with Crippen molar-refractivity contribution in [2.24, 2.45) is 0 Å². The van der Waals surface area contributed by atoms with Crippen molar-refractivity contribution >= 4 is 5.69 Å². The summed E-state index contributed by atoms with van der Waals surface area (Å²) in [5, 5.41) is 14.0. The first-order chi connectivity index (χ1) is 9.06. The Morgan fingerprint density at radius 1 is 1.26 bits per heavy atom. The topological polar surface area (TPSA) is 58.4 Å². The molecule has 0 spiro atoms. The number of hydrogen-bond donors (Lipinski definition) is 1. The van der Waals surface area contributed by atoms with Gasteiger partial charge in [0.25, 0.3) is 5.69 Å². The molecule has 0 bridgehead atoms. The van der Waals surface area contributed by atoms with Gasteiger partial charge in [-0.05, 0) is 25.6 Å². The van der Waals surface area contributed by atoms with Crippen molar-refractivity contribution in [1.29, 1.82) is 0 Å². The Bertz CT molecular complexity index is 388. The maximum absolute atomic E-state index is 10.6. The predicted octanol–water partition coefficient (Wildman–Crippen LogP) is 2.41. The number of nitro groups is 1. The molecule has 0 fully saturated rings. The third kappa shape index (κ3) is 5.36. The van der Waals surface area contributed by atoms with Gasteiger partial charge in [-0.2, -0.15) is 0 Å². The lowest BCUT2D eigenvalue weighted by Gasteiger charge is -2.23. The van der Waals surface area contributed by atoms with Crippen molar-refractivity contribution in [2.45, 2.75) is 33.4 Å². The minimum Gasteiger partial charge on any atom is -0.309 e. The number of rotatable bonds is 8. The summed E-state index contributed by atoms with van der Waals surface area (Å²) in [6.45, 7) is 10.3. The maximum atomic E-state index is 10.6. The van der Waals surface area contributed by atoms with Gasteiger partial charge in [0.1, 0.15) is 0 Å². The molecule has 1 unspecified atom stereocenters. The highest BCUT2D eigenvalue weighted by molar-refractivity contribution is 5.32. The first-order valence-electron chi connectivity index (χ1n) is 6.75. The van der Waals surface area contributed by atoms with Crippen molar-refractivity contribution in [2.75, 3.05) is 19.6 Å². The van der Waals surface area contributed by atoms with E-state index in [0.29, 0.717) is 6.04 Å². The Morgan fingerprint density at radius 2 is 1.84 bits per heavy atom. The molecule has 0 amide bonds. The Morgan fingerprint density at radius 3 is 2.32 bits per heavy atom. The number of hydrogen-bond acceptors (Lipinski definition) is 4. The average molecular weight is 265 g/mol. The van der Waals surface area contributed by atoms with Crippen LogP contribution in [0.25, 0.3) is 0 Å². The third-order valence-corrected chi connectivity index (χ3v) is 3.23. The fraction of sp³-hybridized carbons (Fsp3) is 0.571. The van der Waals surface area contributed by atoms with E-state index in [1.54, 1.807) is 24.3 Å². The second-order valence-electron chi connectivity index (χ2n) is 4.69. The summed E-state index contributed by atoms with van der Waals surface area (Å²) in [6.07, 6.45) is 0. The molecule has 0 aliphatic heterocycles. The summed E-state index contributed by atoms with van der Waals surface area (Å²) in [6, 6.07) is 7.10. The molecule has 0 aliphatic carbocycles. The number of nitro benzene ring substituents is 1. The zero-order chi connectivity index (χ0) is 14.3. The van der Waals surface area contributed by atoms with E-state index in [0.717, 1.165) is 31.7 Å². The summed E-state index contributed by atoms with van der Waals surface area (Å²) in [4.78, 5) is 12.5. The molecule has 1 rings (SSSR count). The minimum atomic E-state index is -0.375. The molecule has 0 radical (unpaired) electrons. The average Bonchev–Trinajstić information content (AvgIpc) is 2.43. The van der Waals surface area contributed by atoms with E-state index in [2.05, 4.69) is 31.0 Å². The van der Waals surface area contributed by atoms with E-state index < -0.39 is 0 Å². The van der Waals surface area contributed by atoms with Gasteiger partial charge >= 0.3 is 0 Å². The van der Waals surface area contributed by atoms with Gasteiger partial charge in [0, 0.05) is 31.3 Å². The van der Waals surface area contributed by atoms with Crippen LogP contribution in [0.15, 0.2) is 24.3 Å². The molecule has 0 saturated heterocycles. The summed E-state index contributed by atoms with van der Waals surface area (Å²) in [5.41, 5.74) is 1.21. The van der Waals surface area contributed by atoms with Crippen LogP contribution in [0.1, 0.15) is 26.3 Å². The van der Waals surface area contributed by atoms with Crippen LogP contribution in [0.5, 0.6) is 0 Å². The molecule has 5 heteroatoms. The van der Waals surface area contributed by atoms with E-state index in [-0.39, 0.29) is 10.6 Å². The van der Waals surface area contributed by atoms with Gasteiger partial charge in [0.05, 0.1) is 4.92 Å². The SMILES string of the molecule is CCN(CC)CC(C)NCc1ccc([N+](=O)[O-])cc1. The van der Waals surface area contributed by atoms with Crippen LogP contribution < -0.4 is 5.32 Å². The van der Waals surface area contributed by atoms with E-state index in [4.69, 9.17) is 0 Å².